The Morgan fingerprint density at radius 3 is 2.67 bits per heavy atom. The highest BCUT2D eigenvalue weighted by molar-refractivity contribution is 9.10. The van der Waals surface area contributed by atoms with Crippen LogP contribution in [0.15, 0.2) is 53.0 Å². The van der Waals surface area contributed by atoms with E-state index in [2.05, 4.69) is 26.6 Å². The van der Waals surface area contributed by atoms with Crippen molar-refractivity contribution in [2.75, 3.05) is 18.5 Å². The summed E-state index contributed by atoms with van der Waals surface area (Å²) in [6, 6.07) is 14.2. The van der Waals surface area contributed by atoms with E-state index in [-0.39, 0.29) is 6.03 Å². The summed E-state index contributed by atoms with van der Waals surface area (Å²) in [5.41, 5.74) is 0.723. The molecule has 0 aliphatic heterocycles. The van der Waals surface area contributed by atoms with E-state index in [1.54, 1.807) is 24.3 Å². The van der Waals surface area contributed by atoms with Gasteiger partial charge in [0, 0.05) is 15.2 Å². The molecule has 0 radical (unpaired) electrons. The number of nitrogens with one attached hydrogen (secondary N) is 2. The van der Waals surface area contributed by atoms with E-state index in [1.807, 2.05) is 24.3 Å². The number of ether oxygens (including phenoxy) is 1. The Bertz CT molecular complexity index is 605. The van der Waals surface area contributed by atoms with Crippen molar-refractivity contribution < 1.29 is 9.53 Å². The quantitative estimate of drug-likeness (QED) is 0.772. The van der Waals surface area contributed by atoms with Crippen LogP contribution < -0.4 is 15.4 Å². The highest BCUT2D eigenvalue weighted by Crippen LogP contribution is 2.16. The molecule has 0 atom stereocenters. The van der Waals surface area contributed by atoms with E-state index in [1.165, 1.54) is 0 Å². The normalized spacial score (nSPS) is 10.0. The van der Waals surface area contributed by atoms with E-state index in [0.29, 0.717) is 23.9 Å². The summed E-state index contributed by atoms with van der Waals surface area (Å²) in [5.74, 6) is 0.716. The van der Waals surface area contributed by atoms with Crippen molar-refractivity contribution in [1.29, 1.82) is 0 Å². The number of carbonyl (C=O) groups is 1. The minimum absolute atomic E-state index is 0.271. The van der Waals surface area contributed by atoms with E-state index in [4.69, 9.17) is 16.3 Å². The van der Waals surface area contributed by atoms with Crippen LogP contribution in [0.1, 0.15) is 0 Å². The molecule has 0 aliphatic carbocycles. The molecule has 2 aromatic carbocycles. The van der Waals surface area contributed by atoms with Gasteiger partial charge in [-0.15, -0.1) is 0 Å². The van der Waals surface area contributed by atoms with Gasteiger partial charge in [0.2, 0.25) is 0 Å². The van der Waals surface area contributed by atoms with Crippen LogP contribution in [-0.2, 0) is 0 Å². The monoisotopic (exact) mass is 368 g/mol. The first kappa shape index (κ1) is 15.7. The number of rotatable bonds is 5. The van der Waals surface area contributed by atoms with Gasteiger partial charge in [-0.25, -0.2) is 4.79 Å². The minimum atomic E-state index is -0.271. The number of urea groups is 1. The molecule has 2 rings (SSSR count). The molecule has 6 heteroatoms. The van der Waals surface area contributed by atoms with E-state index in [9.17, 15) is 4.79 Å². The van der Waals surface area contributed by atoms with Crippen LogP contribution in [0.25, 0.3) is 0 Å². The Morgan fingerprint density at radius 2 is 1.95 bits per heavy atom. The summed E-state index contributed by atoms with van der Waals surface area (Å²) in [6.45, 7) is 0.788. The van der Waals surface area contributed by atoms with E-state index < -0.39 is 0 Å². The van der Waals surface area contributed by atoms with Crippen molar-refractivity contribution in [2.24, 2.45) is 0 Å². The number of hydrogen-bond donors (Lipinski definition) is 2. The fraction of sp³-hybridized carbons (Fsp3) is 0.133. The zero-order chi connectivity index (χ0) is 15.1. The summed E-state index contributed by atoms with van der Waals surface area (Å²) in [5, 5.41) is 6.11. The number of benzene rings is 2. The van der Waals surface area contributed by atoms with Gasteiger partial charge in [-0.2, -0.15) is 0 Å². The SMILES string of the molecule is O=C(NCCOc1ccc(Cl)cc1)Nc1cccc(Br)c1. The van der Waals surface area contributed by atoms with Crippen molar-refractivity contribution in [2.45, 2.75) is 0 Å². The van der Waals surface area contributed by atoms with Crippen molar-refractivity contribution in [1.82, 2.24) is 5.32 Å². The smallest absolute Gasteiger partial charge is 0.319 e. The molecule has 0 aliphatic rings. The summed E-state index contributed by atoms with van der Waals surface area (Å²) in [7, 11) is 0. The van der Waals surface area contributed by atoms with Crippen molar-refractivity contribution in [3.63, 3.8) is 0 Å². The molecule has 4 nitrogen and oxygen atoms in total. The standard InChI is InChI=1S/C15H14BrClN2O2/c16-11-2-1-3-13(10-11)19-15(20)18-8-9-21-14-6-4-12(17)5-7-14/h1-7,10H,8-9H2,(H2,18,19,20). The van der Waals surface area contributed by atoms with Crippen LogP contribution in [0.3, 0.4) is 0 Å². The van der Waals surface area contributed by atoms with Crippen molar-refractivity contribution in [3.8, 4) is 5.75 Å². The summed E-state index contributed by atoms with van der Waals surface area (Å²) in [4.78, 5) is 11.7. The average Bonchev–Trinajstić information content (AvgIpc) is 2.45. The molecule has 0 aromatic heterocycles. The Morgan fingerprint density at radius 1 is 1.19 bits per heavy atom. The average molecular weight is 370 g/mol. The van der Waals surface area contributed by atoms with E-state index >= 15 is 0 Å². The maximum atomic E-state index is 11.7. The lowest BCUT2D eigenvalue weighted by Gasteiger charge is -2.09. The second-order valence-electron chi connectivity index (χ2n) is 4.19. The van der Waals surface area contributed by atoms with Gasteiger partial charge in [0.25, 0.3) is 0 Å². The maximum Gasteiger partial charge on any atom is 0.319 e. The summed E-state index contributed by atoms with van der Waals surface area (Å²) in [6.07, 6.45) is 0. The number of amides is 2. The zero-order valence-electron chi connectivity index (χ0n) is 11.1. The van der Waals surface area contributed by atoms with Crippen LogP contribution in [-0.4, -0.2) is 19.2 Å². The van der Waals surface area contributed by atoms with Crippen LogP contribution in [0.4, 0.5) is 10.5 Å². The number of halogens is 2. The van der Waals surface area contributed by atoms with Gasteiger partial charge in [0.1, 0.15) is 12.4 Å². The van der Waals surface area contributed by atoms with Crippen molar-refractivity contribution >= 4 is 39.2 Å². The van der Waals surface area contributed by atoms with Gasteiger partial charge in [-0.05, 0) is 42.5 Å². The summed E-state index contributed by atoms with van der Waals surface area (Å²) >= 11 is 9.12. The van der Waals surface area contributed by atoms with Gasteiger partial charge in [0.15, 0.2) is 0 Å². The molecule has 0 spiro atoms. The molecular formula is C15H14BrClN2O2. The molecule has 110 valence electrons. The fourth-order valence-electron chi connectivity index (χ4n) is 1.61. The molecule has 0 bridgehead atoms. The van der Waals surface area contributed by atoms with Gasteiger partial charge >= 0.3 is 6.03 Å². The Kier molecular flexibility index (Phi) is 5.90. The van der Waals surface area contributed by atoms with E-state index in [0.717, 1.165) is 10.2 Å². The van der Waals surface area contributed by atoms with Crippen LogP contribution in [0.2, 0.25) is 5.02 Å². The second kappa shape index (κ2) is 7.90. The number of hydrogen-bond acceptors (Lipinski definition) is 2. The van der Waals surface area contributed by atoms with Gasteiger partial charge in [0.05, 0.1) is 6.54 Å². The largest absolute Gasteiger partial charge is 0.492 e. The molecule has 2 N–H and O–H groups in total. The molecule has 0 saturated heterocycles. The predicted molar refractivity (Wildman–Crippen MR) is 88.1 cm³/mol. The molecule has 0 saturated carbocycles. The highest BCUT2D eigenvalue weighted by atomic mass is 79.9. The molecule has 2 amide bonds. The molecule has 0 heterocycles. The minimum Gasteiger partial charge on any atom is -0.492 e. The molecule has 0 unspecified atom stereocenters. The second-order valence-corrected chi connectivity index (χ2v) is 5.55. The first-order valence-electron chi connectivity index (χ1n) is 6.32. The lowest BCUT2D eigenvalue weighted by atomic mass is 10.3. The van der Waals surface area contributed by atoms with Gasteiger partial charge < -0.3 is 15.4 Å². The third kappa shape index (κ3) is 5.65. The lowest BCUT2D eigenvalue weighted by molar-refractivity contribution is 0.247. The Labute approximate surface area is 136 Å². The Hall–Kier alpha value is -1.72. The van der Waals surface area contributed by atoms with Crippen LogP contribution >= 0.6 is 27.5 Å². The molecule has 21 heavy (non-hydrogen) atoms. The van der Waals surface area contributed by atoms with Crippen LogP contribution in [0.5, 0.6) is 5.75 Å². The molecule has 0 fully saturated rings. The molecule has 2 aromatic rings. The predicted octanol–water partition coefficient (Wildman–Crippen LogP) is 4.30. The maximum absolute atomic E-state index is 11.7. The lowest BCUT2D eigenvalue weighted by Crippen LogP contribution is -2.32. The number of anilines is 1. The summed E-state index contributed by atoms with van der Waals surface area (Å²) < 4.78 is 6.38. The third-order valence-corrected chi connectivity index (χ3v) is 3.30. The first-order chi connectivity index (χ1) is 10.1. The molecular weight excluding hydrogens is 356 g/mol. The zero-order valence-corrected chi connectivity index (χ0v) is 13.4. The first-order valence-corrected chi connectivity index (χ1v) is 7.49. The van der Waals surface area contributed by atoms with Gasteiger partial charge in [-0.1, -0.05) is 33.6 Å². The van der Waals surface area contributed by atoms with Crippen molar-refractivity contribution in [3.05, 3.63) is 58.0 Å². The Balaban J connectivity index is 1.68. The topological polar surface area (TPSA) is 50.4 Å². The third-order valence-electron chi connectivity index (χ3n) is 2.55. The van der Waals surface area contributed by atoms with Gasteiger partial charge in [-0.3, -0.25) is 0 Å². The van der Waals surface area contributed by atoms with Crippen LogP contribution in [0, 0.1) is 0 Å². The number of carbonyl (C=O) groups excluding carboxylic acids is 1. The highest BCUT2D eigenvalue weighted by Gasteiger charge is 2.01. The fourth-order valence-corrected chi connectivity index (χ4v) is 2.13.